The van der Waals surface area contributed by atoms with Crippen LogP contribution in [0, 0.1) is 68.3 Å². The molecule has 0 aliphatic heterocycles. The normalized spacial score (nSPS) is 32.7. The number of benzene rings is 1. The van der Waals surface area contributed by atoms with Crippen LogP contribution in [0.15, 0.2) is 16.8 Å². The number of ether oxygens (including phenoxy) is 1. The second kappa shape index (κ2) is 14.1. The minimum Gasteiger partial charge on any atom is -0.481 e. The quantitative estimate of drug-likeness (QED) is 0.0871. The lowest BCUT2D eigenvalue weighted by atomic mass is 9.44. The van der Waals surface area contributed by atoms with Crippen molar-refractivity contribution in [3.05, 3.63) is 27.8 Å². The van der Waals surface area contributed by atoms with E-state index in [1.165, 1.54) is 12.1 Å². The molecule has 10 unspecified atom stereocenters. The van der Waals surface area contributed by atoms with Gasteiger partial charge in [0.1, 0.15) is 11.6 Å². The molecule has 0 radical (unpaired) electrons. The van der Waals surface area contributed by atoms with E-state index in [2.05, 4.69) is 31.1 Å². The number of carboxylic acid groups (broad SMARTS) is 3. The zero-order chi connectivity index (χ0) is 36.8. The summed E-state index contributed by atoms with van der Waals surface area (Å²) < 4.78 is 10.8. The van der Waals surface area contributed by atoms with Crippen molar-refractivity contribution in [1.29, 1.82) is 0 Å². The molecule has 0 saturated heterocycles. The third-order valence-electron chi connectivity index (χ3n) is 14.1. The third kappa shape index (κ3) is 6.82. The van der Waals surface area contributed by atoms with Crippen LogP contribution < -0.4 is 0 Å². The number of carbonyl (C=O) groups excluding carboxylic acids is 1. The second-order valence-corrected chi connectivity index (χ2v) is 16.5. The van der Waals surface area contributed by atoms with E-state index in [9.17, 15) is 44.6 Å². The standard InChI is InChI=1S/C37H49N3O11/c1-19(4-7-25(33(43)44)34(45)46)26-9-10-27-24-8-6-22-18-23(12-14-36(22,2)28(24)13-15-37(26,27)3)50-35(47)21(17-30(41)42)16-20-5-11-29(40(48)49)32-31(20)38-51-39-32/h5,11,19,21-28H,4,6-10,12-18H2,1-3H3,(H,41,42)(H,43,44)(H,45,46). The molecule has 2 aromatic rings. The highest BCUT2D eigenvalue weighted by Crippen LogP contribution is 2.68. The van der Waals surface area contributed by atoms with Crippen LogP contribution in [0.5, 0.6) is 0 Å². The molecule has 1 aromatic heterocycles. The maximum Gasteiger partial charge on any atom is 0.317 e. The van der Waals surface area contributed by atoms with E-state index in [0.717, 1.165) is 51.4 Å². The van der Waals surface area contributed by atoms with E-state index in [1.807, 2.05) is 0 Å². The Morgan fingerprint density at radius 2 is 1.63 bits per heavy atom. The van der Waals surface area contributed by atoms with Crippen molar-refractivity contribution in [3.8, 4) is 0 Å². The van der Waals surface area contributed by atoms with Gasteiger partial charge in [-0.2, -0.15) is 0 Å². The Morgan fingerprint density at radius 3 is 2.31 bits per heavy atom. The molecule has 278 valence electrons. The van der Waals surface area contributed by atoms with Crippen LogP contribution in [0.4, 0.5) is 5.69 Å². The van der Waals surface area contributed by atoms with Gasteiger partial charge >= 0.3 is 29.6 Å². The fourth-order valence-electron chi connectivity index (χ4n) is 11.5. The Kier molecular flexibility index (Phi) is 10.2. The first kappa shape index (κ1) is 36.7. The van der Waals surface area contributed by atoms with Gasteiger partial charge in [0.05, 0.1) is 17.3 Å². The fourth-order valence-corrected chi connectivity index (χ4v) is 11.5. The van der Waals surface area contributed by atoms with E-state index in [0.29, 0.717) is 48.0 Å². The topological polar surface area (TPSA) is 220 Å². The average Bonchev–Trinajstić information content (AvgIpc) is 3.69. The SMILES string of the molecule is CC(CCC(C(=O)O)C(=O)O)C1CCC2C3CCC4CC(OC(=O)C(CC(=O)O)Cc5ccc([N+](=O)[O-])c6nonc56)CCC4(C)C3CCC12C. The van der Waals surface area contributed by atoms with Crippen LogP contribution in [0.1, 0.15) is 103 Å². The van der Waals surface area contributed by atoms with Crippen molar-refractivity contribution in [3.63, 3.8) is 0 Å². The van der Waals surface area contributed by atoms with Gasteiger partial charge in [0.2, 0.25) is 5.52 Å². The van der Waals surface area contributed by atoms with Crippen molar-refractivity contribution in [2.24, 2.45) is 58.2 Å². The number of nitro groups is 1. The monoisotopic (exact) mass is 711 g/mol. The maximum atomic E-state index is 13.6. The summed E-state index contributed by atoms with van der Waals surface area (Å²) in [7, 11) is 0. The molecule has 1 heterocycles. The zero-order valence-electron chi connectivity index (χ0n) is 29.5. The predicted octanol–water partition coefficient (Wildman–Crippen LogP) is 6.54. The van der Waals surface area contributed by atoms with Crippen molar-refractivity contribution in [2.45, 2.75) is 110 Å². The number of carboxylic acids is 3. The molecule has 4 fully saturated rings. The van der Waals surface area contributed by atoms with Gasteiger partial charge in [-0.25, -0.2) is 4.63 Å². The molecule has 51 heavy (non-hydrogen) atoms. The second-order valence-electron chi connectivity index (χ2n) is 16.5. The maximum absolute atomic E-state index is 13.6. The highest BCUT2D eigenvalue weighted by molar-refractivity contribution is 5.92. The van der Waals surface area contributed by atoms with E-state index in [4.69, 9.17) is 9.37 Å². The van der Waals surface area contributed by atoms with E-state index >= 15 is 0 Å². The molecule has 6 rings (SSSR count). The fraction of sp³-hybridized carbons (Fsp3) is 0.730. The van der Waals surface area contributed by atoms with E-state index in [-0.39, 0.29) is 52.4 Å². The number of carbonyl (C=O) groups is 4. The lowest BCUT2D eigenvalue weighted by Crippen LogP contribution is -2.54. The van der Waals surface area contributed by atoms with Gasteiger partial charge in [-0.15, -0.1) is 0 Å². The number of fused-ring (bicyclic) bond motifs is 6. The Balaban J connectivity index is 1.09. The van der Waals surface area contributed by atoms with Gasteiger partial charge in [-0.1, -0.05) is 20.8 Å². The van der Waals surface area contributed by atoms with Crippen molar-refractivity contribution >= 4 is 40.6 Å². The Morgan fingerprint density at radius 1 is 0.941 bits per heavy atom. The third-order valence-corrected chi connectivity index (χ3v) is 14.1. The summed E-state index contributed by atoms with van der Waals surface area (Å²) in [4.78, 5) is 59.1. The van der Waals surface area contributed by atoms with Crippen molar-refractivity contribution < 1.29 is 48.8 Å². The molecule has 3 N–H and O–H groups in total. The molecule has 0 bridgehead atoms. The van der Waals surface area contributed by atoms with Crippen LogP contribution in [-0.4, -0.2) is 60.5 Å². The Bertz CT molecular complexity index is 1680. The molecule has 10 atom stereocenters. The molecule has 4 saturated carbocycles. The Labute approximate surface area is 295 Å². The molecule has 4 aliphatic rings. The number of rotatable bonds is 13. The van der Waals surface area contributed by atoms with Gasteiger partial charge in [-0.05, 0) is 145 Å². The highest BCUT2D eigenvalue weighted by Gasteiger charge is 2.61. The highest BCUT2D eigenvalue weighted by atomic mass is 16.6. The van der Waals surface area contributed by atoms with E-state index < -0.39 is 47.1 Å². The van der Waals surface area contributed by atoms with Gasteiger partial charge in [-0.3, -0.25) is 29.3 Å². The number of nitro benzene ring substituents is 1. The lowest BCUT2D eigenvalue weighted by Gasteiger charge is -2.61. The summed E-state index contributed by atoms with van der Waals surface area (Å²) in [6.45, 7) is 7.01. The molecule has 0 amide bonds. The largest absolute Gasteiger partial charge is 0.481 e. The summed E-state index contributed by atoms with van der Waals surface area (Å²) in [6, 6.07) is 2.70. The number of hydrogen-bond acceptors (Lipinski definition) is 10. The van der Waals surface area contributed by atoms with Gasteiger partial charge in [0, 0.05) is 6.07 Å². The van der Waals surface area contributed by atoms with Crippen LogP contribution in [0.2, 0.25) is 0 Å². The van der Waals surface area contributed by atoms with Crippen LogP contribution in [0.3, 0.4) is 0 Å². The minimum atomic E-state index is -1.36. The van der Waals surface area contributed by atoms with E-state index in [1.54, 1.807) is 0 Å². The predicted molar refractivity (Wildman–Crippen MR) is 180 cm³/mol. The summed E-state index contributed by atoms with van der Waals surface area (Å²) in [5.74, 6) is -3.87. The number of nitrogens with zero attached hydrogens (tertiary/aromatic N) is 3. The van der Waals surface area contributed by atoms with Crippen molar-refractivity contribution in [2.75, 3.05) is 0 Å². The number of hydrogen-bond donors (Lipinski definition) is 3. The average molecular weight is 712 g/mol. The molecular weight excluding hydrogens is 662 g/mol. The first-order valence-corrected chi connectivity index (χ1v) is 18.4. The lowest BCUT2D eigenvalue weighted by molar-refractivity contribution is -0.383. The smallest absolute Gasteiger partial charge is 0.317 e. The number of non-ortho nitro benzene ring substituents is 1. The molecule has 1 aromatic carbocycles. The summed E-state index contributed by atoms with van der Waals surface area (Å²) in [5.41, 5.74) is 0.451. The molecule has 4 aliphatic carbocycles. The summed E-state index contributed by atoms with van der Waals surface area (Å²) in [5, 5.41) is 47.2. The molecule has 0 spiro atoms. The number of esters is 1. The molecular formula is C37H49N3O11. The van der Waals surface area contributed by atoms with Crippen molar-refractivity contribution in [1.82, 2.24) is 10.3 Å². The first-order chi connectivity index (χ1) is 24.1. The summed E-state index contributed by atoms with van der Waals surface area (Å²) >= 11 is 0. The first-order valence-electron chi connectivity index (χ1n) is 18.4. The zero-order valence-corrected chi connectivity index (χ0v) is 29.5. The van der Waals surface area contributed by atoms with Crippen LogP contribution in [0.25, 0.3) is 11.0 Å². The van der Waals surface area contributed by atoms with Crippen LogP contribution in [-0.2, 0) is 30.3 Å². The van der Waals surface area contributed by atoms with Gasteiger partial charge < -0.3 is 20.1 Å². The van der Waals surface area contributed by atoms with Gasteiger partial charge in [0.25, 0.3) is 0 Å². The minimum absolute atomic E-state index is 0.0368. The molecule has 14 heteroatoms. The van der Waals surface area contributed by atoms with Crippen LogP contribution >= 0.6 is 0 Å². The Hall–Kier alpha value is -4.10. The number of aliphatic carboxylic acids is 3. The molecule has 14 nitrogen and oxygen atoms in total. The number of aromatic nitrogens is 2. The van der Waals surface area contributed by atoms with Gasteiger partial charge in [0.15, 0.2) is 5.92 Å². The summed E-state index contributed by atoms with van der Waals surface area (Å²) in [6.07, 6.45) is 8.87.